The van der Waals surface area contributed by atoms with Crippen molar-refractivity contribution in [2.75, 3.05) is 6.26 Å². The zero-order chi connectivity index (χ0) is 23.2. The molecule has 1 saturated carbocycles. The molecule has 0 aromatic heterocycles. The normalized spacial score (nSPS) is 29.4. The molecule has 176 valence electrons. The van der Waals surface area contributed by atoms with Crippen molar-refractivity contribution in [3.8, 4) is 11.8 Å². The van der Waals surface area contributed by atoms with Crippen molar-refractivity contribution in [1.82, 2.24) is 4.72 Å². The van der Waals surface area contributed by atoms with E-state index in [1.165, 1.54) is 0 Å². The van der Waals surface area contributed by atoms with Crippen molar-refractivity contribution < 1.29 is 28.2 Å². The molecular weight excluding hydrogens is 418 g/mol. The van der Waals surface area contributed by atoms with Gasteiger partial charge in [-0.25, -0.2) is 8.42 Å². The summed E-state index contributed by atoms with van der Waals surface area (Å²) in [4.78, 5) is 11.6. The lowest BCUT2D eigenvalue weighted by molar-refractivity contribution is -0.119. The Morgan fingerprint density at radius 1 is 1.32 bits per heavy atom. The monoisotopic (exact) mass is 455 g/mol. The van der Waals surface area contributed by atoms with Gasteiger partial charge in [0, 0.05) is 30.6 Å². The third-order valence-electron chi connectivity index (χ3n) is 6.31. The zero-order valence-corrected chi connectivity index (χ0v) is 19.8. The molecule has 3 N–H and O–H groups in total. The van der Waals surface area contributed by atoms with Gasteiger partial charge in [0.1, 0.15) is 0 Å². The first-order valence-electron chi connectivity index (χ1n) is 11.0. The van der Waals surface area contributed by atoms with Gasteiger partial charge in [-0.1, -0.05) is 32.4 Å². The van der Waals surface area contributed by atoms with Crippen LogP contribution in [0.4, 0.5) is 0 Å². The molecule has 0 radical (unpaired) electrons. The number of sulfonamides is 1. The molecule has 2 fully saturated rings. The second-order valence-electron chi connectivity index (χ2n) is 9.54. The second-order valence-corrected chi connectivity index (χ2v) is 11.3. The van der Waals surface area contributed by atoms with Crippen LogP contribution in [0.5, 0.6) is 0 Å². The van der Waals surface area contributed by atoms with E-state index in [4.69, 9.17) is 4.74 Å². The smallest absolute Gasteiger partial charge is 0.233 e. The van der Waals surface area contributed by atoms with Crippen molar-refractivity contribution in [3.05, 3.63) is 12.2 Å². The molecule has 1 saturated heterocycles. The van der Waals surface area contributed by atoms with Gasteiger partial charge in [-0.3, -0.25) is 9.52 Å². The Morgan fingerprint density at radius 2 is 2.03 bits per heavy atom. The van der Waals surface area contributed by atoms with E-state index in [2.05, 4.69) is 11.8 Å². The zero-order valence-electron chi connectivity index (χ0n) is 19.0. The van der Waals surface area contributed by atoms with Gasteiger partial charge in [0.05, 0.1) is 30.7 Å². The highest BCUT2D eigenvalue weighted by molar-refractivity contribution is 7.89. The second kappa shape index (κ2) is 11.0. The number of unbranched alkanes of at least 4 members (excludes halogenated alkanes) is 1. The van der Waals surface area contributed by atoms with Crippen LogP contribution in [0.15, 0.2) is 12.2 Å². The highest BCUT2D eigenvalue weighted by atomic mass is 32.2. The molecule has 6 atom stereocenters. The minimum Gasteiger partial charge on any atom is -0.392 e. The average Bonchev–Trinajstić information content (AvgIpc) is 3.16. The largest absolute Gasteiger partial charge is 0.392 e. The molecule has 0 unspecified atom stereocenters. The average molecular weight is 456 g/mol. The Kier molecular flexibility index (Phi) is 9.14. The fourth-order valence-electron chi connectivity index (χ4n) is 4.46. The van der Waals surface area contributed by atoms with Crippen molar-refractivity contribution in [2.24, 2.45) is 17.3 Å². The Hall–Kier alpha value is -1.40. The molecule has 1 aliphatic carbocycles. The fraction of sp³-hybridized carbons (Fsp3) is 0.783. The van der Waals surface area contributed by atoms with Crippen LogP contribution < -0.4 is 4.72 Å². The number of rotatable bonds is 10. The van der Waals surface area contributed by atoms with Gasteiger partial charge >= 0.3 is 0 Å². The first-order valence-corrected chi connectivity index (χ1v) is 12.9. The van der Waals surface area contributed by atoms with Crippen molar-refractivity contribution in [2.45, 2.75) is 90.1 Å². The first kappa shape index (κ1) is 25.9. The number of hydrogen-bond donors (Lipinski definition) is 3. The molecule has 2 rings (SSSR count). The van der Waals surface area contributed by atoms with Gasteiger partial charge in [0.25, 0.3) is 0 Å². The molecule has 0 aromatic carbocycles. The van der Waals surface area contributed by atoms with Gasteiger partial charge in [0.2, 0.25) is 15.9 Å². The van der Waals surface area contributed by atoms with Crippen LogP contribution in [-0.2, 0) is 19.6 Å². The van der Waals surface area contributed by atoms with Gasteiger partial charge in [-0.15, -0.1) is 11.8 Å². The summed E-state index contributed by atoms with van der Waals surface area (Å²) >= 11 is 0. The maximum atomic E-state index is 11.6. The number of amides is 1. The van der Waals surface area contributed by atoms with Gasteiger partial charge in [-0.05, 0) is 32.1 Å². The Morgan fingerprint density at radius 3 is 2.68 bits per heavy atom. The quantitative estimate of drug-likeness (QED) is 0.264. The third-order valence-corrected chi connectivity index (χ3v) is 6.91. The van der Waals surface area contributed by atoms with E-state index in [1.54, 1.807) is 13.0 Å². The van der Waals surface area contributed by atoms with E-state index in [0.717, 1.165) is 25.5 Å². The summed E-state index contributed by atoms with van der Waals surface area (Å²) in [7, 11) is -3.50. The lowest BCUT2D eigenvalue weighted by Gasteiger charge is -2.27. The fourth-order valence-corrected chi connectivity index (χ4v) is 4.98. The van der Waals surface area contributed by atoms with Crippen LogP contribution in [0.3, 0.4) is 0 Å². The van der Waals surface area contributed by atoms with Crippen LogP contribution in [0.2, 0.25) is 0 Å². The topological polar surface area (TPSA) is 113 Å². The van der Waals surface area contributed by atoms with Crippen LogP contribution in [0.25, 0.3) is 0 Å². The summed E-state index contributed by atoms with van der Waals surface area (Å²) in [5, 5.41) is 21.0. The predicted octanol–water partition coefficient (Wildman–Crippen LogP) is 2.13. The number of aliphatic hydroxyl groups is 2. The van der Waals surface area contributed by atoms with E-state index in [1.807, 2.05) is 24.6 Å². The van der Waals surface area contributed by atoms with Crippen LogP contribution >= 0.6 is 0 Å². The Labute approximate surface area is 186 Å². The molecule has 1 heterocycles. The molecule has 7 nitrogen and oxygen atoms in total. The number of aliphatic hydroxyl groups excluding tert-OH is 2. The lowest BCUT2D eigenvalue weighted by atomic mass is 9.82. The number of nitrogens with one attached hydrogen (secondary N) is 1. The van der Waals surface area contributed by atoms with Gasteiger partial charge < -0.3 is 14.9 Å². The minimum atomic E-state index is -3.50. The summed E-state index contributed by atoms with van der Waals surface area (Å²) in [5.74, 6) is 5.58. The summed E-state index contributed by atoms with van der Waals surface area (Å²) in [6.07, 6.45) is 8.07. The highest BCUT2D eigenvalue weighted by Crippen LogP contribution is 2.45. The molecule has 1 aliphatic heterocycles. The van der Waals surface area contributed by atoms with E-state index in [0.29, 0.717) is 19.3 Å². The maximum absolute atomic E-state index is 11.6. The molecule has 0 spiro atoms. The first-order chi connectivity index (χ1) is 14.4. The molecule has 8 heteroatoms. The minimum absolute atomic E-state index is 0.0132. The van der Waals surface area contributed by atoms with E-state index < -0.39 is 28.1 Å². The van der Waals surface area contributed by atoms with Gasteiger partial charge in [0.15, 0.2) is 0 Å². The van der Waals surface area contributed by atoms with Crippen LogP contribution in [-0.4, -0.2) is 55.2 Å². The number of carbonyl (C=O) groups is 1. The molecular formula is C23H37NO6S. The van der Waals surface area contributed by atoms with E-state index in [-0.39, 0.29) is 35.9 Å². The van der Waals surface area contributed by atoms with Crippen molar-refractivity contribution in [1.29, 1.82) is 0 Å². The van der Waals surface area contributed by atoms with Crippen LogP contribution in [0, 0.1) is 29.1 Å². The van der Waals surface area contributed by atoms with E-state index >= 15 is 0 Å². The summed E-state index contributed by atoms with van der Waals surface area (Å²) in [6, 6.07) is 0. The summed E-state index contributed by atoms with van der Waals surface area (Å²) in [6.45, 7) is 5.74. The Balaban J connectivity index is 1.81. The van der Waals surface area contributed by atoms with Crippen molar-refractivity contribution >= 4 is 15.9 Å². The molecule has 0 bridgehead atoms. The van der Waals surface area contributed by atoms with E-state index in [9.17, 15) is 23.4 Å². The Bertz CT molecular complexity index is 810. The van der Waals surface area contributed by atoms with Crippen LogP contribution in [0.1, 0.15) is 65.7 Å². The van der Waals surface area contributed by atoms with Crippen molar-refractivity contribution in [3.63, 3.8) is 0 Å². The maximum Gasteiger partial charge on any atom is 0.233 e. The number of hydrogen-bond acceptors (Lipinski definition) is 6. The SMILES string of the molecule is CC#CCC(C)(C)[C@H](O)C=C[C@@H]1[C@H]2C[C@@H](CCCCC(=O)NS(C)(=O)=O)O[C@H]2C[C@H]1O. The summed E-state index contributed by atoms with van der Waals surface area (Å²) < 4.78 is 30.2. The number of carbonyl (C=O) groups excluding carboxylic acids is 1. The molecule has 0 aromatic rings. The standard InChI is InChI=1S/C23H37NO6S/c1-5-6-13-23(2,3)21(26)12-11-17-18-14-16(30-20(18)15-19(17)25)9-7-8-10-22(27)24-31(4,28)29/h11-12,16-21,25-26H,7-10,13-15H2,1-4H3,(H,24,27)/t16-,17-,18-,19-,20+,21-/m1/s1. The molecule has 31 heavy (non-hydrogen) atoms. The number of fused-ring (bicyclic) bond motifs is 1. The lowest BCUT2D eigenvalue weighted by Crippen LogP contribution is -2.29. The van der Waals surface area contributed by atoms with Gasteiger partial charge in [-0.2, -0.15) is 0 Å². The molecule has 1 amide bonds. The highest BCUT2D eigenvalue weighted by Gasteiger charge is 2.47. The third kappa shape index (κ3) is 7.90. The predicted molar refractivity (Wildman–Crippen MR) is 119 cm³/mol. The molecule has 2 aliphatic rings. The summed E-state index contributed by atoms with van der Waals surface area (Å²) in [5.41, 5.74) is -0.361. The number of ether oxygens (including phenoxy) is 1.